The molecule has 0 atom stereocenters. The Hall–Kier alpha value is -5.96. The van der Waals surface area contributed by atoms with Crippen LogP contribution in [0.2, 0.25) is 0 Å². The number of nitrogens with zero attached hydrogens (tertiary/aromatic N) is 1. The van der Waals surface area contributed by atoms with Crippen LogP contribution < -0.4 is 4.90 Å². The second-order valence-corrected chi connectivity index (χ2v) is 15.1. The summed E-state index contributed by atoms with van der Waals surface area (Å²) in [5.74, 6) is 0. The van der Waals surface area contributed by atoms with Crippen molar-refractivity contribution in [3.05, 3.63) is 187 Å². The van der Waals surface area contributed by atoms with E-state index in [1.165, 1.54) is 86.8 Å². The van der Waals surface area contributed by atoms with Crippen molar-refractivity contribution in [3.8, 4) is 33.4 Å². The van der Waals surface area contributed by atoms with E-state index in [4.69, 9.17) is 0 Å². The summed E-state index contributed by atoms with van der Waals surface area (Å²) in [6.45, 7) is 4.74. The van der Waals surface area contributed by atoms with Crippen molar-refractivity contribution >= 4 is 59.3 Å². The predicted octanol–water partition coefficient (Wildman–Crippen LogP) is 14.3. The molecule has 1 aliphatic carbocycles. The third-order valence-electron chi connectivity index (χ3n) is 10.9. The lowest BCUT2D eigenvalue weighted by Crippen LogP contribution is -2.16. The summed E-state index contributed by atoms with van der Waals surface area (Å²) in [7, 11) is 0. The molecule has 9 aromatic rings. The monoisotopic (exact) mass is 669 g/mol. The average Bonchev–Trinajstić information content (AvgIpc) is 3.68. The molecule has 0 amide bonds. The van der Waals surface area contributed by atoms with Gasteiger partial charge in [-0.1, -0.05) is 172 Å². The highest BCUT2D eigenvalue weighted by atomic mass is 32.1. The summed E-state index contributed by atoms with van der Waals surface area (Å²) in [6, 6.07) is 64.8. The lowest BCUT2D eigenvalue weighted by Gasteiger charge is -2.31. The van der Waals surface area contributed by atoms with E-state index in [0.29, 0.717) is 0 Å². The predicted molar refractivity (Wildman–Crippen MR) is 220 cm³/mol. The van der Waals surface area contributed by atoms with E-state index in [0.717, 1.165) is 5.69 Å². The SMILES string of the molecule is CC1(C)c2ccccc2-c2c(N(c3ccccc3-c3cccc4ccccc34)c3cccc4c3sc3c(-c5ccccc5)cccc34)cccc21. The molecule has 0 saturated carbocycles. The molecule has 0 radical (unpaired) electrons. The van der Waals surface area contributed by atoms with Gasteiger partial charge in [0, 0.05) is 32.0 Å². The van der Waals surface area contributed by atoms with Gasteiger partial charge in [0.2, 0.25) is 0 Å². The molecule has 8 aromatic carbocycles. The lowest BCUT2D eigenvalue weighted by atomic mass is 9.82. The van der Waals surface area contributed by atoms with E-state index in [1.54, 1.807) is 0 Å². The van der Waals surface area contributed by atoms with Gasteiger partial charge in [-0.2, -0.15) is 0 Å². The van der Waals surface area contributed by atoms with Gasteiger partial charge in [-0.25, -0.2) is 0 Å². The molecule has 0 N–H and O–H groups in total. The van der Waals surface area contributed by atoms with Crippen LogP contribution in [-0.4, -0.2) is 0 Å². The van der Waals surface area contributed by atoms with E-state index in [-0.39, 0.29) is 5.41 Å². The molecule has 0 fully saturated rings. The van der Waals surface area contributed by atoms with Gasteiger partial charge in [0.05, 0.1) is 21.8 Å². The van der Waals surface area contributed by atoms with Gasteiger partial charge >= 0.3 is 0 Å². The number of hydrogen-bond acceptors (Lipinski definition) is 2. The molecule has 0 saturated heterocycles. The molecule has 51 heavy (non-hydrogen) atoms. The Balaban J connectivity index is 1.31. The van der Waals surface area contributed by atoms with Crippen molar-refractivity contribution in [2.75, 3.05) is 4.90 Å². The molecule has 242 valence electrons. The minimum atomic E-state index is -0.114. The van der Waals surface area contributed by atoms with E-state index in [2.05, 4.69) is 195 Å². The van der Waals surface area contributed by atoms with Gasteiger partial charge in [-0.05, 0) is 62.4 Å². The number of rotatable bonds is 5. The van der Waals surface area contributed by atoms with Gasteiger partial charge in [0.25, 0.3) is 0 Å². The molecule has 10 rings (SSSR count). The van der Waals surface area contributed by atoms with Crippen molar-refractivity contribution in [1.29, 1.82) is 0 Å². The molecule has 0 unspecified atom stereocenters. The zero-order valence-electron chi connectivity index (χ0n) is 28.6. The molecular weight excluding hydrogens is 635 g/mol. The van der Waals surface area contributed by atoms with E-state index in [1.807, 2.05) is 11.3 Å². The minimum Gasteiger partial charge on any atom is -0.308 e. The van der Waals surface area contributed by atoms with Crippen LogP contribution in [0.4, 0.5) is 17.1 Å². The second-order valence-electron chi connectivity index (χ2n) is 14.1. The molecule has 1 nitrogen and oxygen atoms in total. The third kappa shape index (κ3) is 4.53. The second kappa shape index (κ2) is 11.6. The lowest BCUT2D eigenvalue weighted by molar-refractivity contribution is 0.660. The van der Waals surface area contributed by atoms with Gasteiger partial charge in [-0.3, -0.25) is 0 Å². The smallest absolute Gasteiger partial charge is 0.0640 e. The van der Waals surface area contributed by atoms with Crippen LogP contribution >= 0.6 is 11.3 Å². The number of anilines is 3. The zero-order valence-corrected chi connectivity index (χ0v) is 29.4. The first kappa shape index (κ1) is 29.9. The fourth-order valence-corrected chi connectivity index (χ4v) is 9.83. The maximum absolute atomic E-state index is 2.56. The maximum atomic E-state index is 2.56. The van der Waals surface area contributed by atoms with Crippen LogP contribution in [0.25, 0.3) is 64.3 Å². The minimum absolute atomic E-state index is 0.114. The van der Waals surface area contributed by atoms with Gasteiger partial charge < -0.3 is 4.90 Å². The van der Waals surface area contributed by atoms with E-state index in [9.17, 15) is 0 Å². The number of hydrogen-bond donors (Lipinski definition) is 0. The largest absolute Gasteiger partial charge is 0.308 e. The van der Waals surface area contributed by atoms with Crippen molar-refractivity contribution in [2.45, 2.75) is 19.3 Å². The Morgan fingerprint density at radius 1 is 0.392 bits per heavy atom. The Bertz CT molecular complexity index is 2780. The Labute approximate surface area is 302 Å². The standard InChI is InChI=1S/C49H35NS/c1-49(2)41-27-10-8-22-40(41)46-42(49)28-15-30-44(46)50(43-29-11-9-21-37(43)36-24-12-19-32-18-6-7-20-34(32)36)45-31-14-26-39-38-25-13-23-35(47(38)51-48(39)45)33-16-4-3-5-17-33/h3-31H,1-2H3. The third-order valence-corrected chi connectivity index (χ3v) is 12.2. The number of benzene rings is 8. The van der Waals surface area contributed by atoms with Crippen LogP contribution in [0.1, 0.15) is 25.0 Å². The average molecular weight is 670 g/mol. The molecule has 0 bridgehead atoms. The number of para-hydroxylation sites is 1. The summed E-state index contributed by atoms with van der Waals surface area (Å²) in [5.41, 5.74) is 13.8. The normalized spacial score (nSPS) is 13.1. The van der Waals surface area contributed by atoms with Crippen LogP contribution in [0.3, 0.4) is 0 Å². The molecule has 1 aromatic heterocycles. The summed E-state index contributed by atoms with van der Waals surface area (Å²) in [6.07, 6.45) is 0. The molecule has 2 heteroatoms. The Morgan fingerprint density at radius 2 is 0.941 bits per heavy atom. The van der Waals surface area contributed by atoms with Crippen LogP contribution in [-0.2, 0) is 5.41 Å². The Morgan fingerprint density at radius 3 is 1.82 bits per heavy atom. The van der Waals surface area contributed by atoms with Crippen molar-refractivity contribution < 1.29 is 0 Å². The van der Waals surface area contributed by atoms with Crippen molar-refractivity contribution in [1.82, 2.24) is 0 Å². The summed E-state index contributed by atoms with van der Waals surface area (Å²) in [5, 5.41) is 5.08. The van der Waals surface area contributed by atoms with Crippen LogP contribution in [0, 0.1) is 0 Å². The van der Waals surface area contributed by atoms with Crippen molar-refractivity contribution in [3.63, 3.8) is 0 Å². The van der Waals surface area contributed by atoms with Crippen LogP contribution in [0.15, 0.2) is 176 Å². The van der Waals surface area contributed by atoms with Crippen LogP contribution in [0.5, 0.6) is 0 Å². The van der Waals surface area contributed by atoms with Crippen molar-refractivity contribution in [2.24, 2.45) is 0 Å². The highest BCUT2D eigenvalue weighted by Gasteiger charge is 2.38. The quantitative estimate of drug-likeness (QED) is 0.176. The topological polar surface area (TPSA) is 3.24 Å². The van der Waals surface area contributed by atoms with E-state index >= 15 is 0 Å². The summed E-state index contributed by atoms with van der Waals surface area (Å²) < 4.78 is 2.60. The first-order valence-electron chi connectivity index (χ1n) is 17.7. The molecular formula is C49H35NS. The zero-order chi connectivity index (χ0) is 34.1. The van der Waals surface area contributed by atoms with Gasteiger partial charge in [0.15, 0.2) is 0 Å². The molecule has 0 spiro atoms. The van der Waals surface area contributed by atoms with Gasteiger partial charge in [0.1, 0.15) is 0 Å². The molecule has 1 heterocycles. The highest BCUT2D eigenvalue weighted by Crippen LogP contribution is 2.56. The maximum Gasteiger partial charge on any atom is 0.0640 e. The van der Waals surface area contributed by atoms with Gasteiger partial charge in [-0.15, -0.1) is 11.3 Å². The summed E-state index contributed by atoms with van der Waals surface area (Å²) >= 11 is 1.91. The fraction of sp³-hybridized carbons (Fsp3) is 0.0612. The first-order valence-corrected chi connectivity index (χ1v) is 18.5. The highest BCUT2D eigenvalue weighted by molar-refractivity contribution is 7.27. The first-order chi connectivity index (χ1) is 25.1. The fourth-order valence-electron chi connectivity index (χ4n) is 8.49. The summed E-state index contributed by atoms with van der Waals surface area (Å²) in [4.78, 5) is 2.56. The molecule has 0 aliphatic heterocycles. The molecule has 1 aliphatic rings. The van der Waals surface area contributed by atoms with E-state index < -0.39 is 0 Å². The number of fused-ring (bicyclic) bond motifs is 7. The Kier molecular flexibility index (Phi) is 6.78. The number of thiophene rings is 1.